The van der Waals surface area contributed by atoms with Gasteiger partial charge in [-0.05, 0) is 37.0 Å². The molecule has 0 aliphatic heterocycles. The van der Waals surface area contributed by atoms with Gasteiger partial charge in [-0.3, -0.25) is 29.3 Å². The van der Waals surface area contributed by atoms with E-state index >= 15 is 0 Å². The fourth-order valence-corrected chi connectivity index (χ4v) is 3.68. The lowest BCUT2D eigenvalue weighted by molar-refractivity contribution is -0.384. The number of carbonyl (C=O) groups is 5. The highest BCUT2D eigenvalue weighted by molar-refractivity contribution is 5.96. The number of non-ortho nitro benzene ring substituents is 1. The van der Waals surface area contributed by atoms with Crippen LogP contribution in [0.3, 0.4) is 0 Å². The Balaban J connectivity index is 2.06. The second-order valence-electron chi connectivity index (χ2n) is 9.91. The van der Waals surface area contributed by atoms with E-state index in [-0.39, 0.29) is 42.3 Å². The van der Waals surface area contributed by atoms with Gasteiger partial charge in [0.15, 0.2) is 0 Å². The number of hydrogen-bond acceptors (Lipinski definition) is 8. The fourth-order valence-electron chi connectivity index (χ4n) is 3.68. The molecule has 4 amide bonds. The predicted molar refractivity (Wildman–Crippen MR) is 153 cm³/mol. The van der Waals surface area contributed by atoms with E-state index in [1.807, 2.05) is 13.8 Å². The first-order valence-electron chi connectivity index (χ1n) is 13.2. The quantitative estimate of drug-likeness (QED) is 0.0802. The van der Waals surface area contributed by atoms with E-state index in [0.717, 1.165) is 5.56 Å². The average molecular weight is 582 g/mol. The Morgan fingerprint density at radius 3 is 2.10 bits per heavy atom. The smallest absolute Gasteiger partial charge is 0.330 e. The first-order valence-corrected chi connectivity index (χ1v) is 13.2. The Morgan fingerprint density at radius 1 is 0.881 bits per heavy atom. The summed E-state index contributed by atoms with van der Waals surface area (Å²) >= 11 is 0. The molecule has 2 aromatic rings. The van der Waals surface area contributed by atoms with Crippen molar-refractivity contribution in [2.75, 3.05) is 13.1 Å². The van der Waals surface area contributed by atoms with Crippen LogP contribution in [0.15, 0.2) is 66.7 Å². The molecule has 0 aliphatic carbocycles. The molecule has 0 saturated heterocycles. The summed E-state index contributed by atoms with van der Waals surface area (Å²) in [6.45, 7) is 7.80. The molecule has 0 spiro atoms. The molecule has 13 heteroatoms. The van der Waals surface area contributed by atoms with Crippen molar-refractivity contribution in [3.05, 3.63) is 82.4 Å². The minimum Gasteiger partial charge on any atom is -0.425 e. The molecule has 4 N–H and O–H groups in total. The highest BCUT2D eigenvalue weighted by Gasteiger charge is 2.28. The van der Waals surface area contributed by atoms with Gasteiger partial charge >= 0.3 is 5.97 Å². The van der Waals surface area contributed by atoms with Gasteiger partial charge in [-0.2, -0.15) is 0 Å². The van der Waals surface area contributed by atoms with Crippen LogP contribution in [-0.2, 0) is 30.4 Å². The summed E-state index contributed by atoms with van der Waals surface area (Å²) in [6.07, 6.45) is 0.347. The molecular weight excluding hydrogens is 546 g/mol. The van der Waals surface area contributed by atoms with E-state index in [9.17, 15) is 34.1 Å². The predicted octanol–water partition coefficient (Wildman–Crippen LogP) is 1.57. The van der Waals surface area contributed by atoms with Gasteiger partial charge < -0.3 is 26.0 Å². The molecule has 224 valence electrons. The highest BCUT2D eigenvalue weighted by Crippen LogP contribution is 2.17. The zero-order valence-corrected chi connectivity index (χ0v) is 23.7. The standard InChI is InChI=1S/C29H35N5O8/c1-18(2)14-23(28(38)31-17-26(36)42-22-12-10-21(11-13-22)34(40)41)33-29(39)24(15-20-8-6-5-7-9-20)32-25(35)16-30-27(37)19(3)4/h5-13,18,23-24H,3,14-17H2,1-2,4H3,(H,30,37)(H,31,38)(H,32,35)(H,33,39)/t23-,24-/m0/s1. The molecular formula is C29H35N5O8. The van der Waals surface area contributed by atoms with Gasteiger partial charge in [0.1, 0.15) is 24.4 Å². The molecule has 0 bridgehead atoms. The van der Waals surface area contributed by atoms with Gasteiger partial charge in [0, 0.05) is 24.1 Å². The van der Waals surface area contributed by atoms with Crippen molar-refractivity contribution in [3.8, 4) is 5.75 Å². The van der Waals surface area contributed by atoms with Crippen molar-refractivity contribution in [1.82, 2.24) is 21.3 Å². The molecule has 42 heavy (non-hydrogen) atoms. The molecule has 0 saturated carbocycles. The minimum absolute atomic E-state index is 0.0207. The summed E-state index contributed by atoms with van der Waals surface area (Å²) in [5, 5.41) is 20.9. The van der Waals surface area contributed by atoms with E-state index < -0.39 is 53.1 Å². The third-order valence-electron chi connectivity index (χ3n) is 5.76. The SMILES string of the molecule is C=C(C)C(=O)NCC(=O)N[C@@H](Cc1ccccc1)C(=O)N[C@@H](CC(C)C)C(=O)NCC(=O)Oc1ccc([N+](=O)[O-])cc1. The number of hydrogen-bond donors (Lipinski definition) is 4. The summed E-state index contributed by atoms with van der Waals surface area (Å²) < 4.78 is 5.10. The number of esters is 1. The Bertz CT molecular complexity index is 1290. The number of ether oxygens (including phenoxy) is 1. The van der Waals surface area contributed by atoms with Crippen molar-refractivity contribution in [1.29, 1.82) is 0 Å². The number of carbonyl (C=O) groups excluding carboxylic acids is 5. The van der Waals surface area contributed by atoms with Crippen molar-refractivity contribution >= 4 is 35.3 Å². The maximum Gasteiger partial charge on any atom is 0.330 e. The lowest BCUT2D eigenvalue weighted by atomic mass is 10.0. The van der Waals surface area contributed by atoms with Gasteiger partial charge in [0.2, 0.25) is 23.6 Å². The van der Waals surface area contributed by atoms with Crippen molar-refractivity contribution in [3.63, 3.8) is 0 Å². The molecule has 0 aromatic heterocycles. The number of rotatable bonds is 15. The number of nitrogens with zero attached hydrogens (tertiary/aromatic N) is 1. The van der Waals surface area contributed by atoms with Gasteiger partial charge in [-0.25, -0.2) is 4.79 Å². The van der Waals surface area contributed by atoms with Gasteiger partial charge in [0.25, 0.3) is 5.69 Å². The van der Waals surface area contributed by atoms with Crippen LogP contribution in [0.4, 0.5) is 5.69 Å². The summed E-state index contributed by atoms with van der Waals surface area (Å²) in [7, 11) is 0. The second-order valence-corrected chi connectivity index (χ2v) is 9.91. The maximum atomic E-state index is 13.3. The maximum absolute atomic E-state index is 13.3. The molecule has 0 fully saturated rings. The van der Waals surface area contributed by atoms with Crippen LogP contribution in [-0.4, -0.2) is 59.7 Å². The second kappa shape index (κ2) is 16.3. The van der Waals surface area contributed by atoms with Gasteiger partial charge in [0.05, 0.1) is 11.5 Å². The molecule has 0 aliphatic rings. The molecule has 2 aromatic carbocycles. The monoisotopic (exact) mass is 581 g/mol. The summed E-state index contributed by atoms with van der Waals surface area (Å²) in [4.78, 5) is 73.1. The van der Waals surface area contributed by atoms with Crippen LogP contribution in [0.25, 0.3) is 0 Å². The topological polar surface area (TPSA) is 186 Å². The number of nitrogens with one attached hydrogen (secondary N) is 4. The van der Waals surface area contributed by atoms with Crippen LogP contribution in [0, 0.1) is 16.0 Å². The minimum atomic E-state index is -1.07. The zero-order chi connectivity index (χ0) is 31.2. The Labute approximate surface area is 243 Å². The van der Waals surface area contributed by atoms with Crippen molar-refractivity contribution in [2.45, 2.75) is 45.7 Å². The normalized spacial score (nSPS) is 11.9. The van der Waals surface area contributed by atoms with Crippen molar-refractivity contribution in [2.24, 2.45) is 5.92 Å². The van der Waals surface area contributed by atoms with E-state index in [1.165, 1.54) is 31.2 Å². The van der Waals surface area contributed by atoms with Gasteiger partial charge in [-0.15, -0.1) is 0 Å². The zero-order valence-electron chi connectivity index (χ0n) is 23.7. The number of nitro benzene ring substituents is 1. The molecule has 0 heterocycles. The van der Waals surface area contributed by atoms with E-state index in [1.54, 1.807) is 30.3 Å². The first kappa shape index (κ1) is 33.1. The number of nitro groups is 1. The van der Waals surface area contributed by atoms with Crippen molar-refractivity contribution < 1.29 is 33.6 Å². The Kier molecular flexibility index (Phi) is 12.8. The lowest BCUT2D eigenvalue weighted by Crippen LogP contribution is -2.56. The third kappa shape index (κ3) is 11.6. The largest absolute Gasteiger partial charge is 0.425 e. The van der Waals surface area contributed by atoms with Crippen LogP contribution >= 0.6 is 0 Å². The van der Waals surface area contributed by atoms with E-state index in [0.29, 0.717) is 0 Å². The summed E-state index contributed by atoms with van der Waals surface area (Å²) in [5.41, 5.74) is 0.803. The Hall–Kier alpha value is -5.07. The fraction of sp³-hybridized carbons (Fsp3) is 0.345. The number of benzene rings is 2. The van der Waals surface area contributed by atoms with Crippen LogP contribution in [0.2, 0.25) is 0 Å². The molecule has 2 rings (SSSR count). The summed E-state index contributed by atoms with van der Waals surface area (Å²) in [6, 6.07) is 11.7. The molecule has 0 unspecified atom stereocenters. The van der Waals surface area contributed by atoms with Gasteiger partial charge in [-0.1, -0.05) is 50.8 Å². The molecule has 0 radical (unpaired) electrons. The Morgan fingerprint density at radius 2 is 1.52 bits per heavy atom. The van der Waals surface area contributed by atoms with Crippen LogP contribution < -0.4 is 26.0 Å². The molecule has 13 nitrogen and oxygen atoms in total. The van der Waals surface area contributed by atoms with E-state index in [4.69, 9.17) is 4.74 Å². The lowest BCUT2D eigenvalue weighted by Gasteiger charge is -2.24. The number of amides is 4. The third-order valence-corrected chi connectivity index (χ3v) is 5.76. The highest BCUT2D eigenvalue weighted by atomic mass is 16.6. The van der Waals surface area contributed by atoms with E-state index in [2.05, 4.69) is 27.8 Å². The first-order chi connectivity index (χ1) is 19.8. The van der Waals surface area contributed by atoms with Crippen LogP contribution in [0.5, 0.6) is 5.75 Å². The van der Waals surface area contributed by atoms with Crippen LogP contribution in [0.1, 0.15) is 32.8 Å². The molecule has 2 atom stereocenters. The summed E-state index contributed by atoms with van der Waals surface area (Å²) in [5.74, 6) is -3.17. The average Bonchev–Trinajstić information content (AvgIpc) is 2.94.